The van der Waals surface area contributed by atoms with E-state index in [4.69, 9.17) is 10.5 Å². The van der Waals surface area contributed by atoms with Crippen molar-refractivity contribution in [2.24, 2.45) is 0 Å². The van der Waals surface area contributed by atoms with Crippen LogP contribution in [0, 0.1) is 0 Å². The molecule has 1 fully saturated rings. The fourth-order valence-corrected chi connectivity index (χ4v) is 2.12. The molecule has 18 heavy (non-hydrogen) atoms. The first-order chi connectivity index (χ1) is 8.50. The van der Waals surface area contributed by atoms with Crippen LogP contribution in [0.5, 0.6) is 0 Å². The van der Waals surface area contributed by atoms with Crippen LogP contribution in [0.1, 0.15) is 42.9 Å². The van der Waals surface area contributed by atoms with Crippen LogP contribution in [0.3, 0.4) is 0 Å². The molecule has 2 heterocycles. The first kappa shape index (κ1) is 12.9. The SMILES string of the molecule is CC1CN(C(=O)c2n[nH]c(C(C)C)c2N)CCO1. The van der Waals surface area contributed by atoms with Gasteiger partial charge in [-0.1, -0.05) is 13.8 Å². The molecular formula is C12H20N4O2. The third-order valence-corrected chi connectivity index (χ3v) is 3.14. The minimum Gasteiger partial charge on any atom is -0.395 e. The van der Waals surface area contributed by atoms with Crippen molar-refractivity contribution >= 4 is 11.6 Å². The summed E-state index contributed by atoms with van der Waals surface area (Å²) in [5, 5.41) is 6.91. The first-order valence-corrected chi connectivity index (χ1v) is 6.25. The predicted molar refractivity (Wildman–Crippen MR) is 68.4 cm³/mol. The Labute approximate surface area is 106 Å². The van der Waals surface area contributed by atoms with Crippen molar-refractivity contribution in [2.45, 2.75) is 32.8 Å². The smallest absolute Gasteiger partial charge is 0.276 e. The fraction of sp³-hybridized carbons (Fsp3) is 0.667. The molecule has 1 amide bonds. The number of aromatic nitrogens is 2. The Morgan fingerprint density at radius 1 is 1.61 bits per heavy atom. The largest absolute Gasteiger partial charge is 0.395 e. The molecule has 1 aliphatic rings. The highest BCUT2D eigenvalue weighted by atomic mass is 16.5. The molecule has 6 nitrogen and oxygen atoms in total. The number of anilines is 1. The zero-order valence-electron chi connectivity index (χ0n) is 11.1. The molecule has 0 spiro atoms. The van der Waals surface area contributed by atoms with E-state index in [-0.39, 0.29) is 17.9 Å². The van der Waals surface area contributed by atoms with Gasteiger partial charge in [-0.15, -0.1) is 0 Å². The van der Waals surface area contributed by atoms with Crippen LogP contribution in [0.15, 0.2) is 0 Å². The number of hydrogen-bond acceptors (Lipinski definition) is 4. The molecule has 0 saturated carbocycles. The predicted octanol–water partition coefficient (Wildman–Crippen LogP) is 0.976. The number of hydrogen-bond donors (Lipinski definition) is 2. The molecule has 1 unspecified atom stereocenters. The van der Waals surface area contributed by atoms with E-state index >= 15 is 0 Å². The zero-order valence-corrected chi connectivity index (χ0v) is 11.1. The van der Waals surface area contributed by atoms with Crippen LogP contribution in [0.25, 0.3) is 0 Å². The normalized spacial score (nSPS) is 20.4. The summed E-state index contributed by atoms with van der Waals surface area (Å²) in [6, 6.07) is 0. The van der Waals surface area contributed by atoms with Gasteiger partial charge in [-0.05, 0) is 12.8 Å². The highest BCUT2D eigenvalue weighted by molar-refractivity contribution is 5.97. The quantitative estimate of drug-likeness (QED) is 0.821. The Balaban J connectivity index is 2.18. The number of carbonyl (C=O) groups excluding carboxylic acids is 1. The van der Waals surface area contributed by atoms with Gasteiger partial charge in [0.1, 0.15) is 0 Å². The minimum atomic E-state index is -0.120. The van der Waals surface area contributed by atoms with E-state index in [9.17, 15) is 4.79 Å². The topological polar surface area (TPSA) is 84.2 Å². The first-order valence-electron chi connectivity index (χ1n) is 6.25. The van der Waals surface area contributed by atoms with Gasteiger partial charge in [-0.2, -0.15) is 5.10 Å². The maximum absolute atomic E-state index is 12.3. The summed E-state index contributed by atoms with van der Waals surface area (Å²) in [4.78, 5) is 14.1. The lowest BCUT2D eigenvalue weighted by atomic mass is 10.1. The molecule has 1 aliphatic heterocycles. The Morgan fingerprint density at radius 3 is 2.89 bits per heavy atom. The number of morpholine rings is 1. The fourth-order valence-electron chi connectivity index (χ4n) is 2.12. The molecule has 1 atom stereocenters. The number of nitrogens with one attached hydrogen (secondary N) is 1. The van der Waals surface area contributed by atoms with E-state index in [1.54, 1.807) is 4.90 Å². The van der Waals surface area contributed by atoms with Crippen LogP contribution in [0.2, 0.25) is 0 Å². The maximum atomic E-state index is 12.3. The summed E-state index contributed by atoms with van der Waals surface area (Å²) >= 11 is 0. The third kappa shape index (κ3) is 2.33. The summed E-state index contributed by atoms with van der Waals surface area (Å²) < 4.78 is 5.41. The van der Waals surface area contributed by atoms with Crippen molar-refractivity contribution in [1.29, 1.82) is 0 Å². The summed E-state index contributed by atoms with van der Waals surface area (Å²) in [7, 11) is 0. The Hall–Kier alpha value is -1.56. The van der Waals surface area contributed by atoms with E-state index in [0.717, 1.165) is 5.69 Å². The van der Waals surface area contributed by atoms with E-state index in [0.29, 0.717) is 31.1 Å². The average Bonchev–Trinajstić information content (AvgIpc) is 2.70. The number of H-pyrrole nitrogens is 1. The maximum Gasteiger partial charge on any atom is 0.276 e. The molecule has 2 rings (SSSR count). The minimum absolute atomic E-state index is 0.0624. The standard InChI is InChI=1S/C12H20N4O2/c1-7(2)10-9(13)11(15-14-10)12(17)16-4-5-18-8(3)6-16/h7-8H,4-6,13H2,1-3H3,(H,14,15). The highest BCUT2D eigenvalue weighted by Crippen LogP contribution is 2.23. The molecule has 1 saturated heterocycles. The molecule has 6 heteroatoms. The van der Waals surface area contributed by atoms with Crippen molar-refractivity contribution < 1.29 is 9.53 Å². The number of nitrogens with two attached hydrogens (primary N) is 1. The van der Waals surface area contributed by atoms with E-state index in [2.05, 4.69) is 10.2 Å². The highest BCUT2D eigenvalue weighted by Gasteiger charge is 2.27. The van der Waals surface area contributed by atoms with Crippen molar-refractivity contribution in [3.63, 3.8) is 0 Å². The van der Waals surface area contributed by atoms with Gasteiger partial charge in [-0.25, -0.2) is 0 Å². The van der Waals surface area contributed by atoms with E-state index < -0.39 is 0 Å². The van der Waals surface area contributed by atoms with Gasteiger partial charge in [0.15, 0.2) is 5.69 Å². The van der Waals surface area contributed by atoms with Crippen LogP contribution in [-0.2, 0) is 4.74 Å². The van der Waals surface area contributed by atoms with Crippen LogP contribution in [0.4, 0.5) is 5.69 Å². The number of ether oxygens (including phenoxy) is 1. The van der Waals surface area contributed by atoms with Crippen molar-refractivity contribution in [3.8, 4) is 0 Å². The molecule has 1 aromatic rings. The van der Waals surface area contributed by atoms with Gasteiger partial charge < -0.3 is 15.4 Å². The Morgan fingerprint density at radius 2 is 2.33 bits per heavy atom. The Bertz CT molecular complexity index is 441. The molecular weight excluding hydrogens is 232 g/mol. The number of rotatable bonds is 2. The van der Waals surface area contributed by atoms with E-state index in [1.165, 1.54) is 0 Å². The lowest BCUT2D eigenvalue weighted by molar-refractivity contribution is -0.0126. The average molecular weight is 252 g/mol. The molecule has 1 aromatic heterocycles. The molecule has 0 radical (unpaired) electrons. The number of carbonyl (C=O) groups is 1. The van der Waals surface area contributed by atoms with Crippen LogP contribution in [-0.4, -0.2) is 46.8 Å². The summed E-state index contributed by atoms with van der Waals surface area (Å²) in [5.74, 6) is 0.105. The second-order valence-electron chi connectivity index (χ2n) is 4.99. The second kappa shape index (κ2) is 4.97. The van der Waals surface area contributed by atoms with Gasteiger partial charge in [0.25, 0.3) is 5.91 Å². The number of amides is 1. The Kier molecular flexibility index (Phi) is 3.56. The molecule has 3 N–H and O–H groups in total. The summed E-state index contributed by atoms with van der Waals surface area (Å²) in [6.07, 6.45) is 0.0624. The van der Waals surface area contributed by atoms with Crippen molar-refractivity contribution in [2.75, 3.05) is 25.4 Å². The third-order valence-electron chi connectivity index (χ3n) is 3.14. The van der Waals surface area contributed by atoms with Gasteiger partial charge in [0, 0.05) is 13.1 Å². The van der Waals surface area contributed by atoms with Crippen molar-refractivity contribution in [3.05, 3.63) is 11.4 Å². The summed E-state index contributed by atoms with van der Waals surface area (Å²) in [5.41, 5.74) is 7.59. The lowest BCUT2D eigenvalue weighted by Crippen LogP contribution is -2.44. The monoisotopic (exact) mass is 252 g/mol. The number of nitrogen functional groups attached to an aromatic ring is 1. The second-order valence-corrected chi connectivity index (χ2v) is 4.99. The van der Waals surface area contributed by atoms with Crippen molar-refractivity contribution in [1.82, 2.24) is 15.1 Å². The number of nitrogens with zero attached hydrogens (tertiary/aromatic N) is 2. The van der Waals surface area contributed by atoms with Gasteiger partial charge in [0.2, 0.25) is 0 Å². The zero-order chi connectivity index (χ0) is 13.3. The lowest BCUT2D eigenvalue weighted by Gasteiger charge is -2.30. The summed E-state index contributed by atoms with van der Waals surface area (Å²) in [6.45, 7) is 7.71. The molecule has 0 bridgehead atoms. The van der Waals surface area contributed by atoms with Gasteiger partial charge in [-0.3, -0.25) is 9.89 Å². The van der Waals surface area contributed by atoms with E-state index in [1.807, 2.05) is 20.8 Å². The number of aromatic amines is 1. The van der Waals surface area contributed by atoms with Crippen LogP contribution >= 0.6 is 0 Å². The van der Waals surface area contributed by atoms with Gasteiger partial charge in [0.05, 0.1) is 24.1 Å². The molecule has 100 valence electrons. The molecule has 0 aromatic carbocycles. The van der Waals surface area contributed by atoms with Crippen LogP contribution < -0.4 is 5.73 Å². The van der Waals surface area contributed by atoms with Gasteiger partial charge >= 0.3 is 0 Å². The molecule has 0 aliphatic carbocycles.